The zero-order valence-electron chi connectivity index (χ0n) is 12.1. The molecule has 2 heterocycles. The number of piperidine rings is 1. The molecule has 1 aromatic carbocycles. The quantitative estimate of drug-likeness (QED) is 0.831. The van der Waals surface area contributed by atoms with Crippen molar-refractivity contribution in [2.45, 2.75) is 38.8 Å². The molecule has 2 nitrogen and oxygen atoms in total. The molecule has 0 aliphatic carbocycles. The van der Waals surface area contributed by atoms with Crippen LogP contribution in [0.5, 0.6) is 0 Å². The minimum Gasteiger partial charge on any atom is -0.292 e. The lowest BCUT2D eigenvalue weighted by Crippen LogP contribution is -2.33. The van der Waals surface area contributed by atoms with Gasteiger partial charge in [-0.3, -0.25) is 9.88 Å². The van der Waals surface area contributed by atoms with Gasteiger partial charge in [-0.15, -0.1) is 0 Å². The molecule has 0 N–H and O–H groups in total. The third-order valence-electron chi connectivity index (χ3n) is 4.32. The van der Waals surface area contributed by atoms with Crippen molar-refractivity contribution in [2.75, 3.05) is 6.54 Å². The highest BCUT2D eigenvalue weighted by molar-refractivity contribution is 5.26. The lowest BCUT2D eigenvalue weighted by molar-refractivity contribution is 0.140. The van der Waals surface area contributed by atoms with Gasteiger partial charge in [0.15, 0.2) is 0 Å². The predicted octanol–water partition coefficient (Wildman–Crippen LogP) is 4.12. The van der Waals surface area contributed by atoms with Crippen molar-refractivity contribution in [3.8, 4) is 0 Å². The molecule has 1 aromatic heterocycles. The number of benzene rings is 1. The van der Waals surface area contributed by atoms with Crippen molar-refractivity contribution < 1.29 is 0 Å². The second kappa shape index (κ2) is 6.19. The molecule has 1 aliphatic rings. The molecule has 0 bridgehead atoms. The van der Waals surface area contributed by atoms with Crippen molar-refractivity contribution in [1.82, 2.24) is 9.88 Å². The van der Waals surface area contributed by atoms with Gasteiger partial charge in [-0.25, -0.2) is 0 Å². The smallest absolute Gasteiger partial charge is 0.0366 e. The van der Waals surface area contributed by atoms with Crippen LogP contribution in [0.1, 0.15) is 42.0 Å². The first-order chi connectivity index (χ1) is 9.84. The topological polar surface area (TPSA) is 16.1 Å². The van der Waals surface area contributed by atoms with Crippen molar-refractivity contribution in [1.29, 1.82) is 0 Å². The van der Waals surface area contributed by atoms with Crippen molar-refractivity contribution in [3.05, 3.63) is 65.5 Å². The summed E-state index contributed by atoms with van der Waals surface area (Å²) in [5.41, 5.74) is 4.20. The van der Waals surface area contributed by atoms with Crippen LogP contribution in [0.25, 0.3) is 0 Å². The Bertz CT molecular complexity index is 550. The van der Waals surface area contributed by atoms with Crippen LogP contribution in [-0.4, -0.2) is 16.4 Å². The number of hydrogen-bond donors (Lipinski definition) is 0. The molecule has 0 unspecified atom stereocenters. The van der Waals surface area contributed by atoms with E-state index in [1.807, 2.05) is 12.4 Å². The van der Waals surface area contributed by atoms with Crippen LogP contribution in [0.3, 0.4) is 0 Å². The van der Waals surface area contributed by atoms with E-state index in [1.54, 1.807) is 0 Å². The summed E-state index contributed by atoms with van der Waals surface area (Å²) in [6.45, 7) is 4.44. The molecule has 1 fully saturated rings. The summed E-state index contributed by atoms with van der Waals surface area (Å²) >= 11 is 0. The first-order valence-corrected chi connectivity index (χ1v) is 7.53. The number of hydrogen-bond acceptors (Lipinski definition) is 2. The second-order valence-corrected chi connectivity index (χ2v) is 5.69. The summed E-state index contributed by atoms with van der Waals surface area (Å²) in [7, 11) is 0. The van der Waals surface area contributed by atoms with E-state index < -0.39 is 0 Å². The van der Waals surface area contributed by atoms with Gasteiger partial charge in [0.25, 0.3) is 0 Å². The Hall–Kier alpha value is -1.67. The number of aryl methyl sites for hydroxylation is 1. The summed E-state index contributed by atoms with van der Waals surface area (Å²) in [6, 6.07) is 13.5. The van der Waals surface area contributed by atoms with Crippen LogP contribution < -0.4 is 0 Å². The SMILES string of the molecule is Cc1ccccc1CN1CCCC[C@@H]1c1cccnc1. The van der Waals surface area contributed by atoms with Crippen LogP contribution in [0, 0.1) is 6.92 Å². The lowest BCUT2D eigenvalue weighted by atomic mass is 9.95. The summed E-state index contributed by atoms with van der Waals surface area (Å²) in [5.74, 6) is 0. The zero-order valence-corrected chi connectivity index (χ0v) is 12.1. The Balaban J connectivity index is 1.81. The maximum atomic E-state index is 4.29. The average Bonchev–Trinajstić information content (AvgIpc) is 2.51. The molecule has 0 saturated carbocycles. The van der Waals surface area contributed by atoms with Gasteiger partial charge in [0, 0.05) is 25.0 Å². The molecule has 20 heavy (non-hydrogen) atoms. The zero-order chi connectivity index (χ0) is 13.8. The van der Waals surface area contributed by atoms with E-state index in [-0.39, 0.29) is 0 Å². The molecular weight excluding hydrogens is 244 g/mol. The van der Waals surface area contributed by atoms with Gasteiger partial charge in [-0.1, -0.05) is 36.8 Å². The minimum atomic E-state index is 0.525. The van der Waals surface area contributed by atoms with E-state index in [2.05, 4.69) is 53.2 Å². The van der Waals surface area contributed by atoms with Gasteiger partial charge < -0.3 is 0 Å². The maximum absolute atomic E-state index is 4.29. The standard InChI is InChI=1S/C18H22N2/c1-15-7-2-3-8-17(15)14-20-12-5-4-10-18(20)16-9-6-11-19-13-16/h2-3,6-9,11,13,18H,4-5,10,12,14H2,1H3/t18-/m1/s1. The van der Waals surface area contributed by atoms with Gasteiger partial charge >= 0.3 is 0 Å². The van der Waals surface area contributed by atoms with Crippen LogP contribution in [0.15, 0.2) is 48.8 Å². The minimum absolute atomic E-state index is 0.525. The highest BCUT2D eigenvalue weighted by Crippen LogP contribution is 2.31. The summed E-state index contributed by atoms with van der Waals surface area (Å²) < 4.78 is 0. The fourth-order valence-corrected chi connectivity index (χ4v) is 3.14. The van der Waals surface area contributed by atoms with Crippen LogP contribution in [0.4, 0.5) is 0 Å². The maximum Gasteiger partial charge on any atom is 0.0366 e. The molecule has 0 amide bonds. The second-order valence-electron chi connectivity index (χ2n) is 5.69. The highest BCUT2D eigenvalue weighted by atomic mass is 15.2. The number of aromatic nitrogens is 1. The number of pyridine rings is 1. The third-order valence-corrected chi connectivity index (χ3v) is 4.32. The predicted molar refractivity (Wildman–Crippen MR) is 82.4 cm³/mol. The third kappa shape index (κ3) is 2.91. The molecular formula is C18H22N2. The largest absolute Gasteiger partial charge is 0.292 e. The molecule has 1 aliphatic heterocycles. The Labute approximate surface area is 121 Å². The fraction of sp³-hybridized carbons (Fsp3) is 0.389. The van der Waals surface area contributed by atoms with Crippen LogP contribution >= 0.6 is 0 Å². The van der Waals surface area contributed by atoms with Crippen LogP contribution in [0.2, 0.25) is 0 Å². The first-order valence-electron chi connectivity index (χ1n) is 7.53. The normalized spacial score (nSPS) is 19.9. The molecule has 2 aromatic rings. The van der Waals surface area contributed by atoms with E-state index in [1.165, 1.54) is 42.5 Å². The number of rotatable bonds is 3. The molecule has 104 valence electrons. The Morgan fingerprint density at radius 3 is 2.85 bits per heavy atom. The summed E-state index contributed by atoms with van der Waals surface area (Å²) in [6.07, 6.45) is 7.77. The molecule has 3 rings (SSSR count). The highest BCUT2D eigenvalue weighted by Gasteiger charge is 2.24. The lowest BCUT2D eigenvalue weighted by Gasteiger charge is -2.36. The van der Waals surface area contributed by atoms with Gasteiger partial charge in [-0.05, 0) is 49.1 Å². The number of likely N-dealkylation sites (tertiary alicyclic amines) is 1. The molecule has 0 radical (unpaired) electrons. The molecule has 1 saturated heterocycles. The number of nitrogens with zero attached hydrogens (tertiary/aromatic N) is 2. The van der Waals surface area contributed by atoms with Gasteiger partial charge in [0.1, 0.15) is 0 Å². The Kier molecular flexibility index (Phi) is 4.12. The molecule has 2 heteroatoms. The van der Waals surface area contributed by atoms with E-state index in [0.717, 1.165) is 6.54 Å². The van der Waals surface area contributed by atoms with Crippen molar-refractivity contribution in [2.24, 2.45) is 0 Å². The van der Waals surface area contributed by atoms with Crippen molar-refractivity contribution in [3.63, 3.8) is 0 Å². The van der Waals surface area contributed by atoms with Crippen LogP contribution in [-0.2, 0) is 6.54 Å². The summed E-state index contributed by atoms with van der Waals surface area (Å²) in [4.78, 5) is 6.91. The summed E-state index contributed by atoms with van der Waals surface area (Å²) in [5, 5.41) is 0. The Morgan fingerprint density at radius 2 is 2.05 bits per heavy atom. The Morgan fingerprint density at radius 1 is 1.15 bits per heavy atom. The fourth-order valence-electron chi connectivity index (χ4n) is 3.14. The van der Waals surface area contributed by atoms with Gasteiger partial charge in [0.2, 0.25) is 0 Å². The average molecular weight is 266 g/mol. The van der Waals surface area contributed by atoms with E-state index >= 15 is 0 Å². The van der Waals surface area contributed by atoms with E-state index in [0.29, 0.717) is 6.04 Å². The van der Waals surface area contributed by atoms with Gasteiger partial charge in [0.05, 0.1) is 0 Å². The van der Waals surface area contributed by atoms with E-state index in [4.69, 9.17) is 0 Å². The monoisotopic (exact) mass is 266 g/mol. The molecule has 0 spiro atoms. The van der Waals surface area contributed by atoms with Gasteiger partial charge in [-0.2, -0.15) is 0 Å². The van der Waals surface area contributed by atoms with E-state index in [9.17, 15) is 0 Å². The first kappa shape index (κ1) is 13.3. The molecule has 1 atom stereocenters. The van der Waals surface area contributed by atoms with Crippen molar-refractivity contribution >= 4 is 0 Å².